The first-order chi connectivity index (χ1) is 8.90. The Morgan fingerprint density at radius 2 is 2.11 bits per heavy atom. The number of nitrogen functional groups attached to an aromatic ring is 1. The number of nitrogens with one attached hydrogen (secondary N) is 1. The van der Waals surface area contributed by atoms with E-state index in [0.29, 0.717) is 10.1 Å². The number of fused-ring (bicyclic) bond motifs is 1. The molecule has 0 saturated heterocycles. The zero-order valence-electron chi connectivity index (χ0n) is 10.1. The first kappa shape index (κ1) is 13.3. The number of nitrogens with two attached hydrogens (primary N) is 2. The minimum absolute atomic E-state index is 0.202. The first-order valence-electron chi connectivity index (χ1n) is 5.48. The van der Waals surface area contributed by atoms with Gasteiger partial charge in [0.05, 0.1) is 5.69 Å². The molecular weight excluding hydrogens is 269 g/mol. The molecule has 1 heterocycles. The van der Waals surface area contributed by atoms with Gasteiger partial charge in [0.15, 0.2) is 0 Å². The highest BCUT2D eigenvalue weighted by atomic mass is 32.1. The third-order valence-corrected chi connectivity index (χ3v) is 3.85. The Morgan fingerprint density at radius 1 is 1.42 bits per heavy atom. The number of halogens is 1. The fourth-order valence-electron chi connectivity index (χ4n) is 1.59. The van der Waals surface area contributed by atoms with Gasteiger partial charge in [-0.3, -0.25) is 9.59 Å². The summed E-state index contributed by atoms with van der Waals surface area (Å²) in [6.45, 7) is 1.48. The molecule has 0 radical (unpaired) electrons. The monoisotopic (exact) mass is 281 g/mol. The molecule has 0 spiro atoms. The Kier molecular flexibility index (Phi) is 3.39. The van der Waals surface area contributed by atoms with Crippen molar-refractivity contribution in [2.45, 2.75) is 13.0 Å². The van der Waals surface area contributed by atoms with E-state index in [2.05, 4.69) is 5.32 Å². The van der Waals surface area contributed by atoms with Gasteiger partial charge in [-0.1, -0.05) is 0 Å². The van der Waals surface area contributed by atoms with Crippen molar-refractivity contribution in [1.29, 1.82) is 0 Å². The maximum Gasteiger partial charge on any atom is 0.264 e. The van der Waals surface area contributed by atoms with Gasteiger partial charge >= 0.3 is 0 Å². The highest BCUT2D eigenvalue weighted by molar-refractivity contribution is 7.21. The molecule has 2 aromatic rings. The van der Waals surface area contributed by atoms with Gasteiger partial charge in [-0.25, -0.2) is 4.39 Å². The molecule has 0 bridgehead atoms. The molecule has 0 fully saturated rings. The van der Waals surface area contributed by atoms with Crippen LogP contribution >= 0.6 is 11.3 Å². The number of benzene rings is 1. The van der Waals surface area contributed by atoms with E-state index in [1.165, 1.54) is 19.1 Å². The fraction of sp³-hybridized carbons (Fsp3) is 0.167. The number of anilines is 1. The topological polar surface area (TPSA) is 98.2 Å². The van der Waals surface area contributed by atoms with E-state index in [1.807, 2.05) is 0 Å². The van der Waals surface area contributed by atoms with Crippen molar-refractivity contribution in [3.8, 4) is 0 Å². The summed E-state index contributed by atoms with van der Waals surface area (Å²) in [6, 6.07) is 3.33. The van der Waals surface area contributed by atoms with E-state index in [1.54, 1.807) is 6.07 Å². The summed E-state index contributed by atoms with van der Waals surface area (Å²) < 4.78 is 13.8. The van der Waals surface area contributed by atoms with Crippen LogP contribution < -0.4 is 16.8 Å². The smallest absolute Gasteiger partial charge is 0.264 e. The zero-order valence-corrected chi connectivity index (χ0v) is 10.9. The number of thiophene rings is 1. The quantitative estimate of drug-likeness (QED) is 0.789. The van der Waals surface area contributed by atoms with Crippen LogP contribution in [-0.2, 0) is 4.79 Å². The molecule has 1 aromatic heterocycles. The number of rotatable bonds is 3. The van der Waals surface area contributed by atoms with Crippen molar-refractivity contribution in [3.05, 3.63) is 28.9 Å². The largest absolute Gasteiger partial charge is 0.397 e. The van der Waals surface area contributed by atoms with Crippen molar-refractivity contribution in [1.82, 2.24) is 5.32 Å². The summed E-state index contributed by atoms with van der Waals surface area (Å²) in [4.78, 5) is 23.1. The number of carbonyl (C=O) groups excluding carboxylic acids is 2. The van der Waals surface area contributed by atoms with Crippen LogP contribution in [0.15, 0.2) is 18.2 Å². The van der Waals surface area contributed by atoms with Gasteiger partial charge in [0, 0.05) is 10.1 Å². The number of primary amides is 1. The van der Waals surface area contributed by atoms with Crippen LogP contribution in [0.25, 0.3) is 10.1 Å². The molecule has 5 nitrogen and oxygen atoms in total. The predicted molar refractivity (Wildman–Crippen MR) is 72.3 cm³/mol. The van der Waals surface area contributed by atoms with Crippen molar-refractivity contribution >= 4 is 38.9 Å². The van der Waals surface area contributed by atoms with Crippen LogP contribution in [0.4, 0.5) is 10.1 Å². The molecule has 0 saturated carbocycles. The van der Waals surface area contributed by atoms with E-state index in [-0.39, 0.29) is 10.6 Å². The third kappa shape index (κ3) is 2.50. The highest BCUT2D eigenvalue weighted by Crippen LogP contribution is 2.33. The van der Waals surface area contributed by atoms with Crippen molar-refractivity contribution < 1.29 is 14.0 Å². The third-order valence-electron chi connectivity index (χ3n) is 2.67. The van der Waals surface area contributed by atoms with E-state index in [9.17, 15) is 14.0 Å². The molecule has 1 atom stereocenters. The second-order valence-electron chi connectivity index (χ2n) is 4.08. The maximum atomic E-state index is 13.1. The molecule has 5 N–H and O–H groups in total. The molecule has 1 aromatic carbocycles. The lowest BCUT2D eigenvalue weighted by atomic mass is 10.2. The molecule has 0 aliphatic carbocycles. The molecule has 7 heteroatoms. The van der Waals surface area contributed by atoms with Gasteiger partial charge in [-0.2, -0.15) is 0 Å². The normalized spacial score (nSPS) is 12.3. The SMILES string of the molecule is CC(NC(=O)c1sc2ccc(F)cc2c1N)C(N)=O. The molecule has 100 valence electrons. The second-order valence-corrected chi connectivity index (χ2v) is 5.14. The van der Waals surface area contributed by atoms with Crippen LogP contribution in [-0.4, -0.2) is 17.9 Å². The molecule has 19 heavy (non-hydrogen) atoms. The minimum Gasteiger partial charge on any atom is -0.397 e. The Balaban J connectivity index is 2.37. The molecule has 2 amide bonds. The molecule has 0 aliphatic heterocycles. The van der Waals surface area contributed by atoms with Crippen LogP contribution in [0.2, 0.25) is 0 Å². The van der Waals surface area contributed by atoms with Gasteiger partial charge in [-0.05, 0) is 25.1 Å². The molecule has 0 aliphatic rings. The maximum absolute atomic E-state index is 13.1. The van der Waals surface area contributed by atoms with Crippen LogP contribution in [0.3, 0.4) is 0 Å². The zero-order chi connectivity index (χ0) is 14.2. The van der Waals surface area contributed by atoms with E-state index < -0.39 is 23.7 Å². The van der Waals surface area contributed by atoms with Crippen LogP contribution in [0.5, 0.6) is 0 Å². The average Bonchev–Trinajstić information content (AvgIpc) is 2.66. The average molecular weight is 281 g/mol. The van der Waals surface area contributed by atoms with Crippen molar-refractivity contribution in [2.75, 3.05) is 5.73 Å². The Labute approximate surface area is 112 Å². The summed E-state index contributed by atoms with van der Waals surface area (Å²) >= 11 is 1.14. The standard InChI is InChI=1S/C12H12FN3O2S/c1-5(11(15)17)16-12(18)10-9(14)7-4-6(13)2-3-8(7)19-10/h2-5H,14H2,1H3,(H2,15,17)(H,16,18). The highest BCUT2D eigenvalue weighted by Gasteiger charge is 2.19. The lowest BCUT2D eigenvalue weighted by Crippen LogP contribution is -2.42. The molecular formula is C12H12FN3O2S. The number of hydrogen-bond donors (Lipinski definition) is 3. The van der Waals surface area contributed by atoms with Gasteiger partial charge in [0.25, 0.3) is 5.91 Å². The van der Waals surface area contributed by atoms with Gasteiger partial charge in [0.2, 0.25) is 5.91 Å². The Bertz CT molecular complexity index is 668. The van der Waals surface area contributed by atoms with Gasteiger partial charge in [0.1, 0.15) is 16.7 Å². The second kappa shape index (κ2) is 4.85. The number of carbonyl (C=O) groups is 2. The molecule has 1 unspecified atom stereocenters. The summed E-state index contributed by atoms with van der Waals surface area (Å²) in [6.07, 6.45) is 0. The van der Waals surface area contributed by atoms with Crippen LogP contribution in [0, 0.1) is 5.82 Å². The number of amides is 2. The predicted octanol–water partition coefficient (Wildman–Crippen LogP) is 1.23. The number of hydrogen-bond acceptors (Lipinski definition) is 4. The Morgan fingerprint density at radius 3 is 2.74 bits per heavy atom. The lowest BCUT2D eigenvalue weighted by molar-refractivity contribution is -0.119. The van der Waals surface area contributed by atoms with Crippen molar-refractivity contribution in [3.63, 3.8) is 0 Å². The fourth-order valence-corrected chi connectivity index (χ4v) is 2.60. The minimum atomic E-state index is -0.797. The summed E-state index contributed by atoms with van der Waals surface area (Å²) in [7, 11) is 0. The van der Waals surface area contributed by atoms with E-state index >= 15 is 0 Å². The van der Waals surface area contributed by atoms with Gasteiger partial charge in [-0.15, -0.1) is 11.3 Å². The summed E-state index contributed by atoms with van der Waals surface area (Å²) in [5.74, 6) is -1.56. The van der Waals surface area contributed by atoms with Crippen LogP contribution in [0.1, 0.15) is 16.6 Å². The Hall–Kier alpha value is -2.15. The van der Waals surface area contributed by atoms with Gasteiger partial charge < -0.3 is 16.8 Å². The molecule has 2 rings (SSSR count). The first-order valence-corrected chi connectivity index (χ1v) is 6.29. The van der Waals surface area contributed by atoms with Crippen molar-refractivity contribution in [2.24, 2.45) is 5.73 Å². The summed E-state index contributed by atoms with van der Waals surface area (Å²) in [5, 5.41) is 2.92. The lowest BCUT2D eigenvalue weighted by Gasteiger charge is -2.09. The summed E-state index contributed by atoms with van der Waals surface area (Å²) in [5.41, 5.74) is 11.1. The van der Waals surface area contributed by atoms with E-state index in [0.717, 1.165) is 11.3 Å². The van der Waals surface area contributed by atoms with E-state index in [4.69, 9.17) is 11.5 Å².